The summed E-state index contributed by atoms with van der Waals surface area (Å²) in [6.45, 7) is 0. The molecule has 0 fully saturated rings. The third-order valence-electron chi connectivity index (χ3n) is 8.55. The second kappa shape index (κ2) is 9.37. The molecule has 2 heterocycles. The van der Waals surface area contributed by atoms with E-state index < -0.39 is 0 Å². The molecule has 3 heteroatoms. The maximum Gasteiger partial charge on any atom is 0.161 e. The zero-order valence-electron chi connectivity index (χ0n) is 23.3. The van der Waals surface area contributed by atoms with Gasteiger partial charge in [0.05, 0.1) is 22.6 Å². The lowest BCUT2D eigenvalue weighted by Gasteiger charge is -2.28. The van der Waals surface area contributed by atoms with E-state index in [0.29, 0.717) is 0 Å². The van der Waals surface area contributed by atoms with E-state index in [4.69, 9.17) is 4.42 Å². The van der Waals surface area contributed by atoms with Gasteiger partial charge in [0.2, 0.25) is 0 Å². The van der Waals surface area contributed by atoms with Crippen molar-refractivity contribution in [3.63, 3.8) is 0 Å². The number of para-hydroxylation sites is 3. The lowest BCUT2D eigenvalue weighted by Crippen LogP contribution is -2.11. The minimum Gasteiger partial charge on any atom is -0.451 e. The quantitative estimate of drug-likeness (QED) is 0.217. The minimum absolute atomic E-state index is 0.865. The van der Waals surface area contributed by atoms with E-state index in [-0.39, 0.29) is 0 Å². The summed E-state index contributed by atoms with van der Waals surface area (Å²) < 4.78 is 9.32. The Kier molecular flexibility index (Phi) is 5.20. The molecule has 0 radical (unpaired) electrons. The van der Waals surface area contributed by atoms with Crippen LogP contribution in [0.25, 0.3) is 60.2 Å². The van der Waals surface area contributed by atoms with Crippen LogP contribution in [0.5, 0.6) is 0 Å². The number of furan rings is 1. The standard InChI is InChI=1S/C40H26N2O/c1-2-17-29(18-3-1)41-36-23-9-8-21-32(36)40-38(41)33-22-12-26-37(39(33)43-40)42(34-24-10-15-27-13-4-6-19-30(27)34)35-25-11-16-28-14-5-7-20-31(28)35/h1-26H. The fraction of sp³-hybridized carbons (Fsp3) is 0. The second-order valence-electron chi connectivity index (χ2n) is 11.0. The highest BCUT2D eigenvalue weighted by atomic mass is 16.3. The van der Waals surface area contributed by atoms with Crippen molar-refractivity contribution >= 4 is 71.6 Å². The van der Waals surface area contributed by atoms with Crippen molar-refractivity contribution in [1.82, 2.24) is 4.57 Å². The molecule has 9 rings (SSSR count). The Balaban J connectivity index is 1.42. The van der Waals surface area contributed by atoms with E-state index in [2.05, 4.69) is 167 Å². The summed E-state index contributed by atoms with van der Waals surface area (Å²) in [5.41, 5.74) is 8.32. The molecule has 2 aromatic heterocycles. The highest BCUT2D eigenvalue weighted by Crippen LogP contribution is 2.47. The van der Waals surface area contributed by atoms with Crippen molar-refractivity contribution < 1.29 is 4.42 Å². The number of fused-ring (bicyclic) bond motifs is 7. The van der Waals surface area contributed by atoms with Gasteiger partial charge in [-0.05, 0) is 59.3 Å². The molecule has 202 valence electrons. The van der Waals surface area contributed by atoms with Gasteiger partial charge in [0.25, 0.3) is 0 Å². The van der Waals surface area contributed by atoms with E-state index in [0.717, 1.165) is 55.7 Å². The second-order valence-corrected chi connectivity index (χ2v) is 11.0. The molecular weight excluding hydrogens is 524 g/mol. The monoisotopic (exact) mass is 550 g/mol. The third kappa shape index (κ3) is 3.55. The van der Waals surface area contributed by atoms with Crippen LogP contribution in [0.4, 0.5) is 17.1 Å². The van der Waals surface area contributed by atoms with Gasteiger partial charge >= 0.3 is 0 Å². The summed E-state index contributed by atoms with van der Waals surface area (Å²) >= 11 is 0. The summed E-state index contributed by atoms with van der Waals surface area (Å²) in [6.07, 6.45) is 0. The van der Waals surface area contributed by atoms with Crippen LogP contribution < -0.4 is 4.90 Å². The predicted octanol–water partition coefficient (Wildman–Crippen LogP) is 11.3. The largest absolute Gasteiger partial charge is 0.451 e. The Labute approximate surface area is 248 Å². The Morgan fingerprint density at radius 2 is 0.907 bits per heavy atom. The van der Waals surface area contributed by atoms with Crippen LogP contribution in [0.15, 0.2) is 162 Å². The summed E-state index contributed by atoms with van der Waals surface area (Å²) in [5.74, 6) is 0. The molecule has 0 amide bonds. The number of anilines is 3. The lowest BCUT2D eigenvalue weighted by molar-refractivity contribution is 0.673. The number of rotatable bonds is 4. The topological polar surface area (TPSA) is 21.3 Å². The van der Waals surface area contributed by atoms with Gasteiger partial charge in [-0.15, -0.1) is 0 Å². The summed E-state index contributed by atoms with van der Waals surface area (Å²) in [7, 11) is 0. The van der Waals surface area contributed by atoms with Gasteiger partial charge in [0.1, 0.15) is 5.52 Å². The normalized spacial score (nSPS) is 11.7. The fourth-order valence-corrected chi connectivity index (χ4v) is 6.69. The van der Waals surface area contributed by atoms with E-state index in [1.807, 2.05) is 0 Å². The number of nitrogens with zero attached hydrogens (tertiary/aromatic N) is 2. The molecule has 0 spiro atoms. The molecule has 0 N–H and O–H groups in total. The first-order valence-corrected chi connectivity index (χ1v) is 14.6. The third-order valence-corrected chi connectivity index (χ3v) is 8.55. The molecule has 0 saturated heterocycles. The Bertz CT molecular complexity index is 2380. The lowest BCUT2D eigenvalue weighted by atomic mass is 10.0. The zero-order valence-corrected chi connectivity index (χ0v) is 23.3. The van der Waals surface area contributed by atoms with Gasteiger partial charge in [-0.2, -0.15) is 0 Å². The Morgan fingerprint density at radius 1 is 0.395 bits per heavy atom. The molecule has 9 aromatic rings. The summed E-state index contributed by atoms with van der Waals surface area (Å²) in [6, 6.07) is 55.9. The zero-order chi connectivity index (χ0) is 28.3. The molecule has 0 aliphatic rings. The predicted molar refractivity (Wildman–Crippen MR) is 180 cm³/mol. The molecule has 43 heavy (non-hydrogen) atoms. The molecule has 7 aromatic carbocycles. The molecule has 0 saturated carbocycles. The van der Waals surface area contributed by atoms with Crippen LogP contribution in [0.1, 0.15) is 0 Å². The molecule has 0 atom stereocenters. The van der Waals surface area contributed by atoms with E-state index >= 15 is 0 Å². The fourth-order valence-electron chi connectivity index (χ4n) is 6.69. The first-order valence-electron chi connectivity index (χ1n) is 14.6. The maximum atomic E-state index is 6.98. The SMILES string of the molecule is c1ccc(-n2c3ccccc3c3oc4c(N(c5cccc6ccccc56)c5cccc6ccccc56)cccc4c32)cc1. The van der Waals surface area contributed by atoms with Crippen molar-refractivity contribution in [2.45, 2.75) is 0 Å². The van der Waals surface area contributed by atoms with Gasteiger partial charge in [-0.25, -0.2) is 0 Å². The molecule has 0 aliphatic carbocycles. The van der Waals surface area contributed by atoms with Crippen LogP contribution in [-0.2, 0) is 0 Å². The minimum atomic E-state index is 0.865. The van der Waals surface area contributed by atoms with Crippen molar-refractivity contribution in [1.29, 1.82) is 0 Å². The van der Waals surface area contributed by atoms with Gasteiger partial charge in [0, 0.05) is 27.2 Å². The van der Waals surface area contributed by atoms with E-state index in [1.165, 1.54) is 21.5 Å². The Morgan fingerprint density at radius 3 is 1.60 bits per heavy atom. The first-order chi connectivity index (χ1) is 21.4. The van der Waals surface area contributed by atoms with E-state index in [1.54, 1.807) is 0 Å². The molecule has 0 aliphatic heterocycles. The van der Waals surface area contributed by atoms with E-state index in [9.17, 15) is 0 Å². The average Bonchev–Trinajstić information content (AvgIpc) is 3.61. The maximum absolute atomic E-state index is 6.98. The molecule has 0 bridgehead atoms. The van der Waals surface area contributed by atoms with Crippen molar-refractivity contribution in [2.24, 2.45) is 0 Å². The summed E-state index contributed by atoms with van der Waals surface area (Å²) in [5, 5.41) is 6.95. The molecule has 0 unspecified atom stereocenters. The number of aromatic nitrogens is 1. The molecule has 3 nitrogen and oxygen atoms in total. The highest BCUT2D eigenvalue weighted by molar-refractivity contribution is 6.19. The number of benzene rings is 7. The van der Waals surface area contributed by atoms with Gasteiger partial charge < -0.3 is 13.9 Å². The van der Waals surface area contributed by atoms with Crippen LogP contribution in [-0.4, -0.2) is 4.57 Å². The van der Waals surface area contributed by atoms with Gasteiger partial charge in [0.15, 0.2) is 11.2 Å². The number of hydrogen-bond acceptors (Lipinski definition) is 2. The van der Waals surface area contributed by atoms with Crippen LogP contribution in [0.3, 0.4) is 0 Å². The Hall–Kier alpha value is -5.80. The average molecular weight is 551 g/mol. The highest BCUT2D eigenvalue weighted by Gasteiger charge is 2.25. The van der Waals surface area contributed by atoms with Crippen LogP contribution in [0.2, 0.25) is 0 Å². The smallest absolute Gasteiger partial charge is 0.161 e. The van der Waals surface area contributed by atoms with Gasteiger partial charge in [-0.1, -0.05) is 109 Å². The van der Waals surface area contributed by atoms with Crippen LogP contribution in [0, 0.1) is 0 Å². The van der Waals surface area contributed by atoms with Crippen LogP contribution >= 0.6 is 0 Å². The van der Waals surface area contributed by atoms with Gasteiger partial charge in [-0.3, -0.25) is 0 Å². The number of hydrogen-bond donors (Lipinski definition) is 0. The van der Waals surface area contributed by atoms with Crippen molar-refractivity contribution in [3.05, 3.63) is 158 Å². The van der Waals surface area contributed by atoms with Crippen molar-refractivity contribution in [3.8, 4) is 5.69 Å². The summed E-state index contributed by atoms with van der Waals surface area (Å²) in [4.78, 5) is 2.38. The van der Waals surface area contributed by atoms with Crippen molar-refractivity contribution in [2.75, 3.05) is 4.90 Å². The first kappa shape index (κ1) is 23.9. The molecular formula is C40H26N2O.